The van der Waals surface area contributed by atoms with Crippen LogP contribution < -0.4 is 0 Å². The van der Waals surface area contributed by atoms with Gasteiger partial charge in [0.2, 0.25) is 0 Å². The molecule has 0 aromatic heterocycles. The quantitative estimate of drug-likeness (QED) is 0.368. The fourth-order valence-electron chi connectivity index (χ4n) is 6.17. The minimum Gasteiger partial charge on any atom is -0.294 e. The highest BCUT2D eigenvalue weighted by Crippen LogP contribution is 2.49. The molecule has 150 valence electrons. The Hall–Kier alpha value is -0.550. The number of unbranched alkanes of at least 4 members (excludes halogenated alkanes) is 5. The third-order valence-electron chi connectivity index (χ3n) is 7.72. The van der Waals surface area contributed by atoms with Crippen LogP contribution in [0.2, 0.25) is 0 Å². The van der Waals surface area contributed by atoms with Gasteiger partial charge >= 0.3 is 0 Å². The Kier molecular flexibility index (Phi) is 9.48. The van der Waals surface area contributed by atoms with Gasteiger partial charge in [-0.15, -0.1) is 0 Å². The van der Waals surface area contributed by atoms with Gasteiger partial charge in [-0.25, -0.2) is 0 Å². The van der Waals surface area contributed by atoms with Crippen LogP contribution in [0.1, 0.15) is 117 Å². The van der Waals surface area contributed by atoms with Crippen molar-refractivity contribution in [3.63, 3.8) is 0 Å². The molecule has 1 heterocycles. The lowest BCUT2D eigenvalue weighted by molar-refractivity contribution is -0.0864. The van der Waals surface area contributed by atoms with Gasteiger partial charge < -0.3 is 0 Å². The lowest BCUT2D eigenvalue weighted by Crippen LogP contribution is -2.62. The first-order valence-corrected chi connectivity index (χ1v) is 11.9. The highest BCUT2D eigenvalue weighted by atomic mass is 15.2. The number of likely N-dealkylation sites (tertiary alicyclic amines) is 1. The minimum atomic E-state index is 0.431. The van der Waals surface area contributed by atoms with E-state index in [0.29, 0.717) is 5.54 Å². The van der Waals surface area contributed by atoms with Gasteiger partial charge in [0.25, 0.3) is 0 Å². The van der Waals surface area contributed by atoms with Crippen molar-refractivity contribution >= 4 is 0 Å². The lowest BCUT2D eigenvalue weighted by Gasteiger charge is -2.59. The SMILES string of the molecule is CCCCCCC1CC(CC)(CC)N(CCCCC#N)C2CCCCC12. The van der Waals surface area contributed by atoms with E-state index < -0.39 is 0 Å². The fourth-order valence-corrected chi connectivity index (χ4v) is 6.17. The van der Waals surface area contributed by atoms with Gasteiger partial charge in [-0.3, -0.25) is 4.90 Å². The standard InChI is InChI=1S/C24H44N2/c1-4-7-8-10-15-21-20-24(5-2,6-3)26(19-14-9-13-18-25)23-17-12-11-16-22(21)23/h21-23H,4-17,19-20H2,1-3H3. The molecular weight excluding hydrogens is 316 g/mol. The molecule has 1 aliphatic heterocycles. The van der Waals surface area contributed by atoms with Crippen LogP contribution in [0.15, 0.2) is 0 Å². The van der Waals surface area contributed by atoms with Crippen LogP contribution in [0, 0.1) is 23.2 Å². The number of nitriles is 1. The average molecular weight is 361 g/mol. The summed E-state index contributed by atoms with van der Waals surface area (Å²) in [6.45, 7) is 8.42. The van der Waals surface area contributed by atoms with Crippen molar-refractivity contribution in [3.8, 4) is 6.07 Å². The summed E-state index contributed by atoms with van der Waals surface area (Å²) in [5.74, 6) is 1.92. The molecule has 0 radical (unpaired) electrons. The monoisotopic (exact) mass is 360 g/mol. The molecule has 2 nitrogen and oxygen atoms in total. The van der Waals surface area contributed by atoms with E-state index in [1.807, 2.05) is 0 Å². The van der Waals surface area contributed by atoms with E-state index in [0.717, 1.165) is 30.7 Å². The molecule has 0 spiro atoms. The smallest absolute Gasteiger partial charge is 0.0621 e. The maximum absolute atomic E-state index is 8.88. The van der Waals surface area contributed by atoms with Gasteiger partial charge in [0.05, 0.1) is 6.07 Å². The first-order valence-electron chi connectivity index (χ1n) is 11.9. The molecule has 0 bridgehead atoms. The van der Waals surface area contributed by atoms with E-state index in [1.54, 1.807) is 0 Å². The van der Waals surface area contributed by atoms with Gasteiger partial charge in [0.1, 0.15) is 0 Å². The number of piperidine rings is 1. The van der Waals surface area contributed by atoms with Crippen molar-refractivity contribution in [2.24, 2.45) is 11.8 Å². The predicted octanol–water partition coefficient (Wildman–Crippen LogP) is 7.09. The molecule has 2 heteroatoms. The van der Waals surface area contributed by atoms with E-state index in [1.165, 1.54) is 90.0 Å². The summed E-state index contributed by atoms with van der Waals surface area (Å²) < 4.78 is 0. The van der Waals surface area contributed by atoms with Crippen LogP contribution >= 0.6 is 0 Å². The van der Waals surface area contributed by atoms with Gasteiger partial charge in [-0.2, -0.15) is 5.26 Å². The van der Waals surface area contributed by atoms with E-state index >= 15 is 0 Å². The molecule has 2 aliphatic rings. The van der Waals surface area contributed by atoms with Gasteiger partial charge in [0.15, 0.2) is 0 Å². The molecule has 2 rings (SSSR count). The normalized spacial score (nSPS) is 28.5. The van der Waals surface area contributed by atoms with E-state index in [4.69, 9.17) is 5.26 Å². The zero-order chi connectivity index (χ0) is 18.8. The highest BCUT2D eigenvalue weighted by molar-refractivity contribution is 5.03. The lowest BCUT2D eigenvalue weighted by atomic mass is 9.63. The molecule has 2 fully saturated rings. The molecule has 0 aromatic rings. The van der Waals surface area contributed by atoms with Crippen molar-refractivity contribution < 1.29 is 0 Å². The summed E-state index contributed by atoms with van der Waals surface area (Å²) >= 11 is 0. The van der Waals surface area contributed by atoms with Crippen molar-refractivity contribution in [2.45, 2.75) is 129 Å². The van der Waals surface area contributed by atoms with Crippen LogP contribution in [0.5, 0.6) is 0 Å². The zero-order valence-corrected chi connectivity index (χ0v) is 17.9. The summed E-state index contributed by atoms with van der Waals surface area (Å²) in [4.78, 5) is 2.97. The molecule has 26 heavy (non-hydrogen) atoms. The number of nitrogens with zero attached hydrogens (tertiary/aromatic N) is 2. The number of rotatable bonds is 11. The first-order chi connectivity index (χ1) is 12.7. The average Bonchev–Trinajstić information content (AvgIpc) is 2.69. The van der Waals surface area contributed by atoms with Crippen molar-refractivity contribution in [1.82, 2.24) is 4.90 Å². The maximum Gasteiger partial charge on any atom is 0.0621 e. The molecule has 3 unspecified atom stereocenters. The van der Waals surface area contributed by atoms with Crippen molar-refractivity contribution in [1.29, 1.82) is 5.26 Å². The first kappa shape index (κ1) is 21.7. The Labute approximate surface area is 163 Å². The Morgan fingerprint density at radius 2 is 1.73 bits per heavy atom. The Morgan fingerprint density at radius 1 is 0.962 bits per heavy atom. The Bertz CT molecular complexity index is 420. The molecule has 1 saturated heterocycles. The van der Waals surface area contributed by atoms with E-state index in [-0.39, 0.29) is 0 Å². The van der Waals surface area contributed by atoms with Crippen LogP contribution in [0.25, 0.3) is 0 Å². The molecule has 3 atom stereocenters. The van der Waals surface area contributed by atoms with Crippen LogP contribution in [0.3, 0.4) is 0 Å². The van der Waals surface area contributed by atoms with Gasteiger partial charge in [0, 0.05) is 18.0 Å². The molecule has 0 N–H and O–H groups in total. The fraction of sp³-hybridized carbons (Fsp3) is 0.958. The third-order valence-corrected chi connectivity index (χ3v) is 7.72. The maximum atomic E-state index is 8.88. The number of hydrogen-bond donors (Lipinski definition) is 0. The molecule has 1 aliphatic carbocycles. The summed E-state index contributed by atoms with van der Waals surface area (Å²) in [5, 5.41) is 8.88. The van der Waals surface area contributed by atoms with Crippen molar-refractivity contribution in [3.05, 3.63) is 0 Å². The van der Waals surface area contributed by atoms with E-state index in [9.17, 15) is 0 Å². The van der Waals surface area contributed by atoms with Gasteiger partial charge in [-0.1, -0.05) is 65.7 Å². The Balaban J connectivity index is 2.10. The van der Waals surface area contributed by atoms with Crippen LogP contribution in [0.4, 0.5) is 0 Å². The third kappa shape index (κ3) is 5.25. The summed E-state index contributed by atoms with van der Waals surface area (Å²) in [6, 6.07) is 3.16. The molecular formula is C24H44N2. The highest BCUT2D eigenvalue weighted by Gasteiger charge is 2.49. The zero-order valence-electron chi connectivity index (χ0n) is 17.9. The topological polar surface area (TPSA) is 27.0 Å². The summed E-state index contributed by atoms with van der Waals surface area (Å²) in [7, 11) is 0. The molecule has 0 aromatic carbocycles. The minimum absolute atomic E-state index is 0.431. The van der Waals surface area contributed by atoms with Crippen LogP contribution in [-0.4, -0.2) is 23.0 Å². The second-order valence-electron chi connectivity index (χ2n) is 9.07. The number of fused-ring (bicyclic) bond motifs is 1. The molecule has 1 saturated carbocycles. The van der Waals surface area contributed by atoms with Gasteiger partial charge in [-0.05, 0) is 63.3 Å². The summed E-state index contributed by atoms with van der Waals surface area (Å²) in [5.41, 5.74) is 0.431. The van der Waals surface area contributed by atoms with Crippen LogP contribution in [-0.2, 0) is 0 Å². The second kappa shape index (κ2) is 11.3. The second-order valence-corrected chi connectivity index (χ2v) is 9.07. The van der Waals surface area contributed by atoms with Crippen molar-refractivity contribution in [2.75, 3.05) is 6.54 Å². The summed E-state index contributed by atoms with van der Waals surface area (Å²) in [6.07, 6.45) is 20.0. The Morgan fingerprint density at radius 3 is 2.42 bits per heavy atom. The van der Waals surface area contributed by atoms with E-state index in [2.05, 4.69) is 31.7 Å². The largest absolute Gasteiger partial charge is 0.294 e. The number of hydrogen-bond acceptors (Lipinski definition) is 2. The predicted molar refractivity (Wildman–Crippen MR) is 112 cm³/mol. The molecule has 0 amide bonds.